The van der Waals surface area contributed by atoms with E-state index in [-0.39, 0.29) is 0 Å². The quantitative estimate of drug-likeness (QED) is 0.517. The molecule has 2 heteroatoms. The molecule has 0 saturated heterocycles. The molecule has 0 aliphatic rings. The van der Waals surface area contributed by atoms with E-state index in [2.05, 4.69) is 34.1 Å². The van der Waals surface area contributed by atoms with E-state index in [1.165, 1.54) is 25.7 Å². The van der Waals surface area contributed by atoms with Gasteiger partial charge in [0, 0.05) is 0 Å². The molecule has 0 N–H and O–H groups in total. The van der Waals surface area contributed by atoms with Crippen LogP contribution < -0.4 is 0 Å². The first-order valence-corrected chi connectivity index (χ1v) is 15.3. The van der Waals surface area contributed by atoms with Gasteiger partial charge in [0.1, 0.15) is 0 Å². The maximum absolute atomic E-state index is 2.78. The van der Waals surface area contributed by atoms with Gasteiger partial charge in [0.2, 0.25) is 0 Å². The molecule has 0 aromatic rings. The van der Waals surface area contributed by atoms with Gasteiger partial charge in [-0.1, -0.05) is 0 Å². The van der Waals surface area contributed by atoms with Gasteiger partial charge < -0.3 is 0 Å². The summed E-state index contributed by atoms with van der Waals surface area (Å²) in [7, 11) is 0. The molecule has 0 fully saturated rings. The second-order valence-electron chi connectivity index (χ2n) is 2.88. The summed E-state index contributed by atoms with van der Waals surface area (Å²) < 4.78 is 0. The van der Waals surface area contributed by atoms with Crippen LogP contribution in [0.15, 0.2) is 0 Å². The fraction of sp³-hybridized carbons (Fsp3) is 1.00. The van der Waals surface area contributed by atoms with Crippen LogP contribution >= 0.6 is 20.2 Å². The molecule has 0 atom stereocenters. The van der Waals surface area contributed by atoms with Gasteiger partial charge in [-0.15, -0.1) is 0 Å². The summed E-state index contributed by atoms with van der Waals surface area (Å²) in [6.07, 6.45) is 5.79. The van der Waals surface area contributed by atoms with Gasteiger partial charge in [0.05, 0.1) is 0 Å². The summed E-state index contributed by atoms with van der Waals surface area (Å²) >= 11 is 2.08. The molecule has 0 unspecified atom stereocenters. The Hall–Kier alpha value is 1.27. The van der Waals surface area contributed by atoms with Gasteiger partial charge in [-0.25, -0.2) is 0 Å². The fourth-order valence-electron chi connectivity index (χ4n) is 0.996. The van der Waals surface area contributed by atoms with Crippen molar-refractivity contribution in [2.24, 2.45) is 0 Å². The van der Waals surface area contributed by atoms with Crippen molar-refractivity contribution in [1.29, 1.82) is 0 Å². The van der Waals surface area contributed by atoms with E-state index >= 15 is 0 Å². The van der Waals surface area contributed by atoms with Crippen molar-refractivity contribution in [3.05, 3.63) is 0 Å². The van der Waals surface area contributed by atoms with E-state index in [1.54, 1.807) is 10.5 Å². The van der Waals surface area contributed by atoms with Crippen molar-refractivity contribution in [2.75, 3.05) is 0 Å². The van der Waals surface area contributed by atoms with Crippen LogP contribution in [0.25, 0.3) is 0 Å². The molecule has 0 heterocycles. The third-order valence-electron chi connectivity index (χ3n) is 1.74. The van der Waals surface area contributed by atoms with E-state index in [4.69, 9.17) is 0 Å². The van der Waals surface area contributed by atoms with Crippen molar-refractivity contribution in [3.8, 4) is 0 Å². The second kappa shape index (κ2) is 8.37. The average molecular weight is 315 g/mol. The van der Waals surface area contributed by atoms with Crippen LogP contribution in [0.2, 0.25) is 10.5 Å². The summed E-state index contributed by atoms with van der Waals surface area (Å²) in [6.45, 7) is 4.59. The maximum atomic E-state index is 2.78. The zero-order chi connectivity index (χ0) is 7.82. The Bertz CT molecular complexity index is 58.3. The molecule has 0 rings (SSSR count). The monoisotopic (exact) mass is 316 g/mol. The van der Waals surface area contributed by atoms with E-state index < -0.39 is 11.0 Å². The average Bonchev–Trinajstić information content (AvgIpc) is 1.97. The van der Waals surface area contributed by atoms with Gasteiger partial charge >= 0.3 is 81.3 Å². The number of hydrogen-bond acceptors (Lipinski definition) is 0. The van der Waals surface area contributed by atoms with Crippen molar-refractivity contribution in [2.45, 2.75) is 50.0 Å². The normalized spacial score (nSPS) is 10.8. The molecule has 10 heavy (non-hydrogen) atoms. The number of hydrogen-bond donors (Lipinski definition) is 0. The zero-order valence-electron chi connectivity index (χ0n) is 7.20. The fourth-order valence-corrected chi connectivity index (χ4v) is 9.75. The van der Waals surface area contributed by atoms with Gasteiger partial charge in [0.15, 0.2) is 0 Å². The Morgan fingerprint density at radius 2 is 1.40 bits per heavy atom. The van der Waals surface area contributed by atoms with E-state index in [1.807, 2.05) is 0 Å². The van der Waals surface area contributed by atoms with Crippen LogP contribution in [0, 0.1) is 0 Å². The van der Waals surface area contributed by atoms with E-state index in [0.29, 0.717) is 0 Å². The predicted octanol–water partition coefficient (Wildman–Crippen LogP) is 3.75. The molecule has 0 bridgehead atoms. The summed E-state index contributed by atoms with van der Waals surface area (Å²) in [5.41, 5.74) is 0. The van der Waals surface area contributed by atoms with Gasteiger partial charge in [-0.05, 0) is 0 Å². The first kappa shape index (κ1) is 11.3. The topological polar surface area (TPSA) is 0 Å². The molecule has 0 saturated carbocycles. The molecule has 0 spiro atoms. The van der Waals surface area contributed by atoms with Crippen LogP contribution in [-0.4, -0.2) is 11.0 Å². The van der Waals surface area contributed by atoms with Crippen LogP contribution in [0.5, 0.6) is 0 Å². The molecule has 0 aromatic heterocycles. The molecule has 0 nitrogen and oxygen atoms in total. The number of unbranched alkanes of at least 4 members (excludes halogenated alkanes) is 2. The second-order valence-corrected chi connectivity index (χ2v) is 17.0. The molecule has 0 radical (unpaired) electrons. The minimum absolute atomic E-state index is 0.691. The van der Waals surface area contributed by atoms with Crippen LogP contribution in [0.3, 0.4) is 0 Å². The zero-order valence-corrected chi connectivity index (χ0v) is 11.8. The summed E-state index contributed by atoms with van der Waals surface area (Å²) in [5, 5.41) is 3.23. The Morgan fingerprint density at radius 3 is 1.70 bits per heavy atom. The molecule has 0 aliphatic carbocycles. The molecular formula is C8H19GeI. The Balaban J connectivity index is 3.00. The summed E-state index contributed by atoms with van der Waals surface area (Å²) in [4.78, 5) is 0. The molecule has 62 valence electrons. The van der Waals surface area contributed by atoms with Crippen molar-refractivity contribution in [1.82, 2.24) is 0 Å². The Morgan fingerprint density at radius 1 is 1.00 bits per heavy atom. The molecule has 0 aromatic carbocycles. The third-order valence-corrected chi connectivity index (χ3v) is 12.6. The molecular weight excluding hydrogens is 296 g/mol. The summed E-state index contributed by atoms with van der Waals surface area (Å²) in [5.74, 6) is 0. The SMILES string of the molecule is CCC[CH2][GeH]([I])[CH2]CCC. The van der Waals surface area contributed by atoms with Crippen LogP contribution in [0.1, 0.15) is 39.5 Å². The number of halogens is 1. The Labute approximate surface area is 80.9 Å². The van der Waals surface area contributed by atoms with Crippen molar-refractivity contribution >= 4 is 31.3 Å². The number of rotatable bonds is 6. The first-order valence-electron chi connectivity index (χ1n) is 4.45. The van der Waals surface area contributed by atoms with Gasteiger partial charge in [0.25, 0.3) is 0 Å². The minimum atomic E-state index is -0.691. The van der Waals surface area contributed by atoms with E-state index in [9.17, 15) is 0 Å². The van der Waals surface area contributed by atoms with Crippen molar-refractivity contribution in [3.63, 3.8) is 0 Å². The molecule has 0 amide bonds. The van der Waals surface area contributed by atoms with Gasteiger partial charge in [-0.3, -0.25) is 0 Å². The Kier molecular flexibility index (Phi) is 9.44. The van der Waals surface area contributed by atoms with Crippen molar-refractivity contribution < 1.29 is 0 Å². The standard InChI is InChI=1S/C8H19GeI/c1-3-5-7-9(10)8-6-4-2/h9H,3-8H2,1-2H3. The molecule has 0 aliphatic heterocycles. The van der Waals surface area contributed by atoms with Gasteiger partial charge in [-0.2, -0.15) is 0 Å². The predicted molar refractivity (Wildman–Crippen MR) is 60.6 cm³/mol. The van der Waals surface area contributed by atoms with Crippen LogP contribution in [-0.2, 0) is 0 Å². The first-order chi connectivity index (χ1) is 4.81. The van der Waals surface area contributed by atoms with E-state index in [0.717, 1.165) is 0 Å². The van der Waals surface area contributed by atoms with Crippen LogP contribution in [0.4, 0.5) is 0 Å². The summed E-state index contributed by atoms with van der Waals surface area (Å²) in [6, 6.07) is 0. The third kappa shape index (κ3) is 7.38.